The maximum Gasteiger partial charge on any atom is 0.303 e. The molecule has 0 saturated carbocycles. The molecule has 2 rings (SSSR count). The van der Waals surface area contributed by atoms with Gasteiger partial charge in [-0.15, -0.1) is 0 Å². The molecule has 2 aromatic carbocycles. The highest BCUT2D eigenvalue weighted by molar-refractivity contribution is 5.66. The Bertz CT molecular complexity index is 576. The van der Waals surface area contributed by atoms with Gasteiger partial charge in [0.2, 0.25) is 0 Å². The summed E-state index contributed by atoms with van der Waals surface area (Å²) in [6.07, 6.45) is 2.61. The normalized spacial score (nSPS) is 10.4. The highest BCUT2D eigenvalue weighted by atomic mass is 19.1. The summed E-state index contributed by atoms with van der Waals surface area (Å²) >= 11 is 0. The largest absolute Gasteiger partial charge is 0.481 e. The standard InChI is InChI=1S/C17H17FO2/c18-16-7-3-2-6-15(16)14-11-9-13(10-12-14)5-1-4-8-17(19)20/h2-3,6-7,9-12H,1,4-5,8H2,(H,19,20). The summed E-state index contributed by atoms with van der Waals surface area (Å²) in [5.74, 6) is -0.971. The van der Waals surface area contributed by atoms with Gasteiger partial charge < -0.3 is 5.11 Å². The van der Waals surface area contributed by atoms with Crippen molar-refractivity contribution in [2.45, 2.75) is 25.7 Å². The van der Waals surface area contributed by atoms with Gasteiger partial charge in [0.05, 0.1) is 0 Å². The molecular formula is C17H17FO2. The lowest BCUT2D eigenvalue weighted by Crippen LogP contribution is -1.95. The summed E-state index contributed by atoms with van der Waals surface area (Å²) in [6, 6.07) is 14.5. The summed E-state index contributed by atoms with van der Waals surface area (Å²) in [5.41, 5.74) is 2.61. The lowest BCUT2D eigenvalue weighted by atomic mass is 10.0. The van der Waals surface area contributed by atoms with E-state index in [2.05, 4.69) is 0 Å². The van der Waals surface area contributed by atoms with Crippen LogP contribution < -0.4 is 0 Å². The second-order valence-electron chi connectivity index (χ2n) is 4.78. The Hall–Kier alpha value is -2.16. The first-order valence-electron chi connectivity index (χ1n) is 6.72. The maximum atomic E-state index is 13.6. The minimum absolute atomic E-state index is 0.216. The molecular weight excluding hydrogens is 255 g/mol. The van der Waals surface area contributed by atoms with Crippen molar-refractivity contribution in [1.82, 2.24) is 0 Å². The second kappa shape index (κ2) is 6.85. The van der Waals surface area contributed by atoms with Crippen LogP contribution in [0.5, 0.6) is 0 Å². The van der Waals surface area contributed by atoms with Gasteiger partial charge in [-0.1, -0.05) is 42.5 Å². The van der Waals surface area contributed by atoms with Crippen LogP contribution in [0, 0.1) is 5.82 Å². The monoisotopic (exact) mass is 272 g/mol. The van der Waals surface area contributed by atoms with E-state index in [1.807, 2.05) is 30.3 Å². The predicted molar refractivity (Wildman–Crippen MR) is 77.0 cm³/mol. The van der Waals surface area contributed by atoms with Gasteiger partial charge in [0.1, 0.15) is 5.82 Å². The van der Waals surface area contributed by atoms with Crippen molar-refractivity contribution in [3.8, 4) is 11.1 Å². The molecule has 0 fully saturated rings. The number of halogens is 1. The zero-order chi connectivity index (χ0) is 14.4. The van der Waals surface area contributed by atoms with Crippen LogP contribution in [-0.4, -0.2) is 11.1 Å². The van der Waals surface area contributed by atoms with Crippen LogP contribution in [0.15, 0.2) is 48.5 Å². The third-order valence-electron chi connectivity index (χ3n) is 3.24. The molecule has 0 aliphatic rings. The van der Waals surface area contributed by atoms with E-state index in [-0.39, 0.29) is 12.2 Å². The predicted octanol–water partition coefficient (Wildman–Crippen LogP) is 4.29. The number of carboxylic acids is 1. The fraction of sp³-hybridized carbons (Fsp3) is 0.235. The van der Waals surface area contributed by atoms with Gasteiger partial charge in [-0.05, 0) is 36.5 Å². The number of rotatable bonds is 6. The van der Waals surface area contributed by atoms with E-state index < -0.39 is 5.97 Å². The summed E-state index contributed by atoms with van der Waals surface area (Å²) in [7, 11) is 0. The molecule has 0 aliphatic carbocycles. The Kier molecular flexibility index (Phi) is 4.88. The van der Waals surface area contributed by atoms with Gasteiger partial charge in [0.15, 0.2) is 0 Å². The number of hydrogen-bond acceptors (Lipinski definition) is 1. The van der Waals surface area contributed by atoms with Gasteiger partial charge in [-0.25, -0.2) is 4.39 Å². The number of aliphatic carboxylic acids is 1. The molecule has 0 unspecified atom stereocenters. The summed E-state index contributed by atoms with van der Waals surface area (Å²) in [5, 5.41) is 8.56. The number of benzene rings is 2. The topological polar surface area (TPSA) is 37.3 Å². The molecule has 0 aliphatic heterocycles. The SMILES string of the molecule is O=C(O)CCCCc1ccc(-c2ccccc2F)cc1. The molecule has 2 aromatic rings. The van der Waals surface area contributed by atoms with Crippen molar-refractivity contribution in [1.29, 1.82) is 0 Å². The first kappa shape index (κ1) is 14.3. The minimum Gasteiger partial charge on any atom is -0.481 e. The van der Waals surface area contributed by atoms with Gasteiger partial charge in [-0.3, -0.25) is 4.79 Å². The van der Waals surface area contributed by atoms with Crippen LogP contribution in [0.2, 0.25) is 0 Å². The number of carbonyl (C=O) groups is 1. The molecule has 0 spiro atoms. The average Bonchev–Trinajstić information content (AvgIpc) is 2.45. The molecule has 3 heteroatoms. The number of aryl methyl sites for hydroxylation is 1. The van der Waals surface area contributed by atoms with E-state index in [1.54, 1.807) is 12.1 Å². The Labute approximate surface area is 117 Å². The van der Waals surface area contributed by atoms with Crippen LogP contribution in [0.25, 0.3) is 11.1 Å². The molecule has 20 heavy (non-hydrogen) atoms. The minimum atomic E-state index is -0.750. The zero-order valence-corrected chi connectivity index (χ0v) is 11.2. The highest BCUT2D eigenvalue weighted by Gasteiger charge is 2.04. The fourth-order valence-electron chi connectivity index (χ4n) is 2.15. The zero-order valence-electron chi connectivity index (χ0n) is 11.2. The van der Waals surface area contributed by atoms with Gasteiger partial charge in [0.25, 0.3) is 0 Å². The lowest BCUT2D eigenvalue weighted by Gasteiger charge is -2.05. The van der Waals surface area contributed by atoms with E-state index in [1.165, 1.54) is 6.07 Å². The molecule has 0 atom stereocenters. The van der Waals surface area contributed by atoms with E-state index in [0.717, 1.165) is 24.0 Å². The van der Waals surface area contributed by atoms with Crippen molar-refractivity contribution >= 4 is 5.97 Å². The van der Waals surface area contributed by atoms with Crippen molar-refractivity contribution < 1.29 is 14.3 Å². The van der Waals surface area contributed by atoms with Crippen molar-refractivity contribution in [2.75, 3.05) is 0 Å². The second-order valence-corrected chi connectivity index (χ2v) is 4.78. The van der Waals surface area contributed by atoms with Crippen LogP contribution in [-0.2, 0) is 11.2 Å². The van der Waals surface area contributed by atoms with Gasteiger partial charge in [-0.2, -0.15) is 0 Å². The molecule has 0 bridgehead atoms. The van der Waals surface area contributed by atoms with Crippen LogP contribution in [0.3, 0.4) is 0 Å². The average molecular weight is 272 g/mol. The third kappa shape index (κ3) is 3.92. The summed E-state index contributed by atoms with van der Waals surface area (Å²) in [4.78, 5) is 10.4. The number of hydrogen-bond donors (Lipinski definition) is 1. The van der Waals surface area contributed by atoms with E-state index in [4.69, 9.17) is 5.11 Å². The Balaban J connectivity index is 1.97. The van der Waals surface area contributed by atoms with E-state index >= 15 is 0 Å². The third-order valence-corrected chi connectivity index (χ3v) is 3.24. The maximum absolute atomic E-state index is 13.6. The Morgan fingerprint density at radius 2 is 1.70 bits per heavy atom. The molecule has 0 aromatic heterocycles. The van der Waals surface area contributed by atoms with E-state index in [0.29, 0.717) is 12.0 Å². The quantitative estimate of drug-likeness (QED) is 0.796. The van der Waals surface area contributed by atoms with Crippen LogP contribution in [0.4, 0.5) is 4.39 Å². The summed E-state index contributed by atoms with van der Waals surface area (Å²) in [6.45, 7) is 0. The fourth-order valence-corrected chi connectivity index (χ4v) is 2.15. The smallest absolute Gasteiger partial charge is 0.303 e. The molecule has 0 heterocycles. The Morgan fingerprint density at radius 1 is 1.00 bits per heavy atom. The van der Waals surface area contributed by atoms with Crippen molar-refractivity contribution in [3.63, 3.8) is 0 Å². The number of carboxylic acid groups (broad SMARTS) is 1. The molecule has 0 saturated heterocycles. The molecule has 0 amide bonds. The molecule has 2 nitrogen and oxygen atoms in total. The van der Waals surface area contributed by atoms with E-state index in [9.17, 15) is 9.18 Å². The first-order valence-corrected chi connectivity index (χ1v) is 6.72. The lowest BCUT2D eigenvalue weighted by molar-refractivity contribution is -0.137. The van der Waals surface area contributed by atoms with Gasteiger partial charge >= 0.3 is 5.97 Å². The highest BCUT2D eigenvalue weighted by Crippen LogP contribution is 2.23. The van der Waals surface area contributed by atoms with Gasteiger partial charge in [0, 0.05) is 12.0 Å². The molecule has 1 N–H and O–H groups in total. The Morgan fingerprint density at radius 3 is 2.35 bits per heavy atom. The van der Waals surface area contributed by atoms with Crippen molar-refractivity contribution in [3.05, 3.63) is 59.9 Å². The molecule has 0 radical (unpaired) electrons. The van der Waals surface area contributed by atoms with Crippen LogP contribution >= 0.6 is 0 Å². The molecule has 104 valence electrons. The van der Waals surface area contributed by atoms with Crippen LogP contribution in [0.1, 0.15) is 24.8 Å². The summed E-state index contributed by atoms with van der Waals surface area (Å²) < 4.78 is 13.6. The first-order chi connectivity index (χ1) is 9.66. The van der Waals surface area contributed by atoms with Crippen molar-refractivity contribution in [2.24, 2.45) is 0 Å². The number of unbranched alkanes of at least 4 members (excludes halogenated alkanes) is 1.